The lowest BCUT2D eigenvalue weighted by molar-refractivity contribution is -0.138. The van der Waals surface area contributed by atoms with Gasteiger partial charge < -0.3 is 9.84 Å². The molecule has 0 bridgehead atoms. The largest absolute Gasteiger partial charge is 0.508 e. The Morgan fingerprint density at radius 1 is 1.42 bits per heavy atom. The van der Waals surface area contributed by atoms with Gasteiger partial charge in [0.15, 0.2) is 0 Å². The molecule has 102 valence electrons. The van der Waals surface area contributed by atoms with Crippen LogP contribution >= 0.6 is 11.6 Å². The van der Waals surface area contributed by atoms with Crippen molar-refractivity contribution in [1.82, 2.24) is 0 Å². The lowest BCUT2D eigenvalue weighted by atomic mass is 10.3. The van der Waals surface area contributed by atoms with Crippen LogP contribution in [0.3, 0.4) is 0 Å². The molecule has 1 aromatic rings. The first kappa shape index (κ1) is 15.1. The SMILES string of the molecule is CCOC(=O)C(N=Nc1ccc(F)cc1)=C(O)CCl. The van der Waals surface area contributed by atoms with Crippen LogP contribution in [0.15, 0.2) is 46.0 Å². The molecule has 0 spiro atoms. The quantitative estimate of drug-likeness (QED) is 0.296. The first-order chi connectivity index (χ1) is 9.08. The van der Waals surface area contributed by atoms with E-state index in [0.717, 1.165) is 0 Å². The van der Waals surface area contributed by atoms with Crippen molar-refractivity contribution >= 4 is 23.3 Å². The number of nitrogens with zero attached hydrogens (tertiary/aromatic N) is 2. The zero-order valence-electron chi connectivity index (χ0n) is 10.1. The molecule has 0 fully saturated rings. The first-order valence-electron chi connectivity index (χ1n) is 5.41. The van der Waals surface area contributed by atoms with Crippen LogP contribution < -0.4 is 0 Å². The van der Waals surface area contributed by atoms with Crippen molar-refractivity contribution in [2.75, 3.05) is 12.5 Å². The standard InChI is InChI=1S/C12H12ClFN2O3/c1-2-19-12(18)11(10(17)7-13)16-15-9-5-3-8(14)4-6-9/h3-6,17H,2,7H2,1H3. The fourth-order valence-corrected chi connectivity index (χ4v) is 1.22. The van der Waals surface area contributed by atoms with E-state index in [1.54, 1.807) is 6.92 Å². The lowest BCUT2D eigenvalue weighted by Crippen LogP contribution is -2.09. The van der Waals surface area contributed by atoms with Crippen LogP contribution in [-0.2, 0) is 9.53 Å². The maximum atomic E-state index is 12.7. The molecule has 0 radical (unpaired) electrons. The fraction of sp³-hybridized carbons (Fsp3) is 0.250. The third kappa shape index (κ3) is 4.67. The third-order valence-electron chi connectivity index (χ3n) is 1.96. The second-order valence-electron chi connectivity index (χ2n) is 3.33. The molecule has 0 saturated heterocycles. The van der Waals surface area contributed by atoms with E-state index in [2.05, 4.69) is 10.2 Å². The van der Waals surface area contributed by atoms with Gasteiger partial charge in [0.25, 0.3) is 0 Å². The second kappa shape index (κ2) is 7.48. The Morgan fingerprint density at radius 2 is 2.05 bits per heavy atom. The van der Waals surface area contributed by atoms with Gasteiger partial charge in [0.2, 0.25) is 5.70 Å². The summed E-state index contributed by atoms with van der Waals surface area (Å²) in [5, 5.41) is 16.8. The summed E-state index contributed by atoms with van der Waals surface area (Å²) in [6, 6.07) is 5.14. The van der Waals surface area contributed by atoms with E-state index in [1.165, 1.54) is 24.3 Å². The maximum absolute atomic E-state index is 12.7. The molecule has 0 atom stereocenters. The third-order valence-corrected chi connectivity index (χ3v) is 2.21. The van der Waals surface area contributed by atoms with Crippen molar-refractivity contribution in [2.45, 2.75) is 6.92 Å². The predicted molar refractivity (Wildman–Crippen MR) is 67.9 cm³/mol. The number of rotatable bonds is 5. The van der Waals surface area contributed by atoms with Crippen LogP contribution in [0.5, 0.6) is 0 Å². The Hall–Kier alpha value is -1.95. The summed E-state index contributed by atoms with van der Waals surface area (Å²) >= 11 is 5.43. The fourth-order valence-electron chi connectivity index (χ4n) is 1.09. The lowest BCUT2D eigenvalue weighted by Gasteiger charge is -2.03. The van der Waals surface area contributed by atoms with E-state index >= 15 is 0 Å². The molecule has 0 saturated carbocycles. The Morgan fingerprint density at radius 3 is 2.58 bits per heavy atom. The van der Waals surface area contributed by atoms with Gasteiger partial charge in [0, 0.05) is 0 Å². The van der Waals surface area contributed by atoms with Crippen LogP contribution in [0.25, 0.3) is 0 Å². The second-order valence-corrected chi connectivity index (χ2v) is 3.59. The Bertz CT molecular complexity index is 500. The highest BCUT2D eigenvalue weighted by Crippen LogP contribution is 2.16. The van der Waals surface area contributed by atoms with Gasteiger partial charge in [0.05, 0.1) is 18.2 Å². The van der Waals surface area contributed by atoms with E-state index in [0.29, 0.717) is 5.69 Å². The molecule has 0 heterocycles. The summed E-state index contributed by atoms with van der Waals surface area (Å²) in [6.45, 7) is 1.74. The first-order valence-corrected chi connectivity index (χ1v) is 5.94. The molecule has 0 amide bonds. The van der Waals surface area contributed by atoms with Gasteiger partial charge in [-0.3, -0.25) is 0 Å². The molecule has 0 unspecified atom stereocenters. The molecule has 7 heteroatoms. The van der Waals surface area contributed by atoms with Crippen molar-refractivity contribution in [3.8, 4) is 0 Å². The molecule has 0 aliphatic carbocycles. The minimum atomic E-state index is -0.827. The van der Waals surface area contributed by atoms with Crippen LogP contribution in [0, 0.1) is 5.82 Å². The predicted octanol–water partition coefficient (Wildman–Crippen LogP) is 3.48. The summed E-state index contributed by atoms with van der Waals surface area (Å²) < 4.78 is 17.4. The number of carbonyl (C=O) groups excluding carboxylic acids is 1. The van der Waals surface area contributed by atoms with E-state index in [4.69, 9.17) is 16.3 Å². The Labute approximate surface area is 114 Å². The monoisotopic (exact) mass is 286 g/mol. The van der Waals surface area contributed by atoms with Crippen molar-refractivity contribution in [1.29, 1.82) is 0 Å². The Balaban J connectivity index is 2.95. The highest BCUT2D eigenvalue weighted by atomic mass is 35.5. The minimum Gasteiger partial charge on any atom is -0.508 e. The number of halogens is 2. The summed E-state index contributed by atoms with van der Waals surface area (Å²) in [5.74, 6) is -1.97. The van der Waals surface area contributed by atoms with Crippen LogP contribution in [0.2, 0.25) is 0 Å². The molecule has 1 aromatic carbocycles. The molecule has 0 aliphatic heterocycles. The van der Waals surface area contributed by atoms with Gasteiger partial charge in [-0.05, 0) is 31.2 Å². The highest BCUT2D eigenvalue weighted by Gasteiger charge is 2.15. The molecule has 5 nitrogen and oxygen atoms in total. The molecule has 1 N–H and O–H groups in total. The normalized spacial score (nSPS) is 12.4. The summed E-state index contributed by atoms with van der Waals surface area (Å²) in [4.78, 5) is 11.5. The zero-order chi connectivity index (χ0) is 14.3. The number of aliphatic hydroxyl groups is 1. The van der Waals surface area contributed by atoms with E-state index < -0.39 is 17.5 Å². The van der Waals surface area contributed by atoms with Gasteiger partial charge in [-0.2, -0.15) is 5.11 Å². The molecular formula is C12H12ClFN2O3. The van der Waals surface area contributed by atoms with E-state index in [9.17, 15) is 14.3 Å². The average molecular weight is 287 g/mol. The smallest absolute Gasteiger partial charge is 0.362 e. The average Bonchev–Trinajstić information content (AvgIpc) is 2.41. The molecule has 0 aromatic heterocycles. The molecule has 1 rings (SSSR count). The maximum Gasteiger partial charge on any atom is 0.362 e. The van der Waals surface area contributed by atoms with E-state index in [1.807, 2.05) is 0 Å². The summed E-state index contributed by atoms with van der Waals surface area (Å²) in [5.41, 5.74) is -0.0493. The molecular weight excluding hydrogens is 275 g/mol. The van der Waals surface area contributed by atoms with Gasteiger partial charge in [0.1, 0.15) is 11.6 Å². The topological polar surface area (TPSA) is 71.2 Å². The van der Waals surface area contributed by atoms with Gasteiger partial charge in [-0.15, -0.1) is 16.7 Å². The van der Waals surface area contributed by atoms with Crippen molar-refractivity contribution in [2.24, 2.45) is 10.2 Å². The van der Waals surface area contributed by atoms with Crippen LogP contribution in [0.4, 0.5) is 10.1 Å². The van der Waals surface area contributed by atoms with Crippen LogP contribution in [0.1, 0.15) is 6.92 Å². The number of hydrogen-bond donors (Lipinski definition) is 1. The number of azo groups is 1. The number of ether oxygens (including phenoxy) is 1. The van der Waals surface area contributed by atoms with Crippen LogP contribution in [-0.4, -0.2) is 23.6 Å². The minimum absolute atomic E-state index is 0.129. The van der Waals surface area contributed by atoms with Crippen molar-refractivity contribution in [3.05, 3.63) is 41.5 Å². The van der Waals surface area contributed by atoms with E-state index in [-0.39, 0.29) is 18.2 Å². The highest BCUT2D eigenvalue weighted by molar-refractivity contribution is 6.19. The molecule has 19 heavy (non-hydrogen) atoms. The summed E-state index contributed by atoms with van der Waals surface area (Å²) in [6.07, 6.45) is 0. The van der Waals surface area contributed by atoms with Crippen molar-refractivity contribution < 1.29 is 19.0 Å². The number of aliphatic hydroxyl groups excluding tert-OH is 1. The number of esters is 1. The van der Waals surface area contributed by atoms with Crippen molar-refractivity contribution in [3.63, 3.8) is 0 Å². The Kier molecular flexibility index (Phi) is 5.95. The summed E-state index contributed by atoms with van der Waals surface area (Å²) in [7, 11) is 0. The number of alkyl halides is 1. The van der Waals surface area contributed by atoms with Gasteiger partial charge in [-0.25, -0.2) is 9.18 Å². The van der Waals surface area contributed by atoms with Gasteiger partial charge >= 0.3 is 5.97 Å². The van der Waals surface area contributed by atoms with Gasteiger partial charge in [-0.1, -0.05) is 0 Å². The number of carbonyl (C=O) groups is 1. The molecule has 0 aliphatic rings. The number of hydrogen-bond acceptors (Lipinski definition) is 5. The number of benzene rings is 1. The number of allylic oxidation sites excluding steroid dienone is 1. The zero-order valence-corrected chi connectivity index (χ0v) is 10.9.